The minimum atomic E-state index is -0.289. The molecule has 0 spiro atoms. The van der Waals surface area contributed by atoms with E-state index in [4.69, 9.17) is 4.74 Å². The number of carbonyl (C=O) groups excluding carboxylic acids is 2. The molecule has 1 heterocycles. The summed E-state index contributed by atoms with van der Waals surface area (Å²) >= 11 is 0.957. The molecule has 3 rings (SSSR count). The standard InChI is InChI=1S/C19H17NO3S/c1-2-12-23-16-10-8-14(9-11-16)13-17-18(21)20(19(22)24-17)15-6-4-3-5-7-15/h3-11,13H,2,12H2,1H3. The predicted octanol–water partition coefficient (Wildman–Crippen LogP) is 4.72. The molecule has 0 aromatic heterocycles. The SMILES string of the molecule is CCCOc1ccc(C=C2SC(=O)N(c3ccccc3)C2=O)cc1. The quantitative estimate of drug-likeness (QED) is 0.740. The second-order valence-electron chi connectivity index (χ2n) is 5.27. The summed E-state index contributed by atoms with van der Waals surface area (Å²) in [5, 5.41) is -0.277. The Kier molecular flexibility index (Phi) is 5.01. The number of anilines is 1. The number of hydrogen-bond donors (Lipinski definition) is 0. The maximum atomic E-state index is 12.5. The highest BCUT2D eigenvalue weighted by Gasteiger charge is 2.36. The summed E-state index contributed by atoms with van der Waals surface area (Å²) in [6, 6.07) is 16.4. The van der Waals surface area contributed by atoms with Crippen molar-refractivity contribution in [2.75, 3.05) is 11.5 Å². The maximum Gasteiger partial charge on any atom is 0.298 e. The fraction of sp³-hybridized carbons (Fsp3) is 0.158. The molecule has 0 unspecified atom stereocenters. The molecule has 0 atom stereocenters. The van der Waals surface area contributed by atoms with Crippen LogP contribution in [0.4, 0.5) is 10.5 Å². The van der Waals surface area contributed by atoms with E-state index in [-0.39, 0.29) is 11.1 Å². The van der Waals surface area contributed by atoms with Crippen LogP contribution in [0.5, 0.6) is 5.75 Å². The molecule has 5 heteroatoms. The second-order valence-corrected chi connectivity index (χ2v) is 6.26. The van der Waals surface area contributed by atoms with Crippen LogP contribution in [0.2, 0.25) is 0 Å². The highest BCUT2D eigenvalue weighted by molar-refractivity contribution is 8.19. The molecule has 122 valence electrons. The van der Waals surface area contributed by atoms with Gasteiger partial charge in [0.2, 0.25) is 0 Å². The number of benzene rings is 2. The molecule has 2 aromatic carbocycles. The van der Waals surface area contributed by atoms with Crippen molar-refractivity contribution in [2.24, 2.45) is 0 Å². The van der Waals surface area contributed by atoms with Crippen LogP contribution in [0.3, 0.4) is 0 Å². The van der Waals surface area contributed by atoms with E-state index in [0.29, 0.717) is 17.2 Å². The monoisotopic (exact) mass is 339 g/mol. The predicted molar refractivity (Wildman–Crippen MR) is 97.1 cm³/mol. The van der Waals surface area contributed by atoms with Gasteiger partial charge in [-0.25, -0.2) is 4.90 Å². The summed E-state index contributed by atoms with van der Waals surface area (Å²) < 4.78 is 5.54. The van der Waals surface area contributed by atoms with E-state index in [9.17, 15) is 9.59 Å². The summed E-state index contributed by atoms with van der Waals surface area (Å²) in [5.74, 6) is 0.508. The van der Waals surface area contributed by atoms with Gasteiger partial charge in [0.1, 0.15) is 5.75 Å². The molecule has 0 radical (unpaired) electrons. The first kappa shape index (κ1) is 16.3. The maximum absolute atomic E-state index is 12.5. The minimum Gasteiger partial charge on any atom is -0.494 e. The number of carbonyl (C=O) groups is 2. The van der Waals surface area contributed by atoms with Crippen molar-refractivity contribution < 1.29 is 14.3 Å². The number of ether oxygens (including phenoxy) is 1. The molecule has 0 N–H and O–H groups in total. The molecule has 0 saturated carbocycles. The summed E-state index contributed by atoms with van der Waals surface area (Å²) in [5.41, 5.74) is 1.45. The molecule has 24 heavy (non-hydrogen) atoms. The Morgan fingerprint density at radius 2 is 1.75 bits per heavy atom. The van der Waals surface area contributed by atoms with Gasteiger partial charge < -0.3 is 4.74 Å². The first-order valence-electron chi connectivity index (χ1n) is 7.75. The Morgan fingerprint density at radius 1 is 1.04 bits per heavy atom. The topological polar surface area (TPSA) is 46.6 Å². The lowest BCUT2D eigenvalue weighted by molar-refractivity contribution is -0.113. The van der Waals surface area contributed by atoms with Crippen molar-refractivity contribution in [2.45, 2.75) is 13.3 Å². The van der Waals surface area contributed by atoms with Gasteiger partial charge in [0.15, 0.2) is 0 Å². The van der Waals surface area contributed by atoms with E-state index in [1.54, 1.807) is 30.3 Å². The Bertz CT molecular complexity index is 769. The van der Waals surface area contributed by atoms with Gasteiger partial charge in [0.25, 0.3) is 11.1 Å². The van der Waals surface area contributed by atoms with E-state index < -0.39 is 0 Å². The Hall–Kier alpha value is -2.53. The van der Waals surface area contributed by atoms with Gasteiger partial charge in [-0.2, -0.15) is 0 Å². The third-order valence-corrected chi connectivity index (χ3v) is 4.33. The minimum absolute atomic E-state index is 0.277. The summed E-state index contributed by atoms with van der Waals surface area (Å²) in [7, 11) is 0. The van der Waals surface area contributed by atoms with Gasteiger partial charge in [0, 0.05) is 0 Å². The lowest BCUT2D eigenvalue weighted by atomic mass is 10.2. The molecule has 2 amide bonds. The summed E-state index contributed by atoms with van der Waals surface area (Å²) in [6.07, 6.45) is 2.69. The largest absolute Gasteiger partial charge is 0.494 e. The third kappa shape index (κ3) is 3.51. The van der Waals surface area contributed by atoms with Crippen molar-refractivity contribution in [1.82, 2.24) is 0 Å². The van der Waals surface area contributed by atoms with Gasteiger partial charge in [0.05, 0.1) is 17.2 Å². The average Bonchev–Trinajstić information content (AvgIpc) is 2.88. The molecular weight excluding hydrogens is 322 g/mol. The zero-order valence-corrected chi connectivity index (χ0v) is 14.1. The molecule has 1 saturated heterocycles. The Morgan fingerprint density at radius 3 is 2.42 bits per heavy atom. The smallest absolute Gasteiger partial charge is 0.298 e. The highest BCUT2D eigenvalue weighted by atomic mass is 32.2. The number of imide groups is 1. The van der Waals surface area contributed by atoms with Crippen LogP contribution in [-0.4, -0.2) is 17.8 Å². The molecule has 0 bridgehead atoms. The molecular formula is C19H17NO3S. The fourth-order valence-electron chi connectivity index (χ4n) is 2.30. The highest BCUT2D eigenvalue weighted by Crippen LogP contribution is 2.35. The van der Waals surface area contributed by atoms with Crippen LogP contribution < -0.4 is 9.64 Å². The first-order valence-corrected chi connectivity index (χ1v) is 8.56. The van der Waals surface area contributed by atoms with Crippen molar-refractivity contribution in [3.8, 4) is 5.75 Å². The molecule has 1 aliphatic rings. The van der Waals surface area contributed by atoms with E-state index in [1.807, 2.05) is 30.3 Å². The Balaban J connectivity index is 1.79. The lowest BCUT2D eigenvalue weighted by Gasteiger charge is -2.11. The van der Waals surface area contributed by atoms with Gasteiger partial charge in [-0.1, -0.05) is 37.3 Å². The third-order valence-electron chi connectivity index (χ3n) is 3.46. The van der Waals surface area contributed by atoms with Crippen LogP contribution in [0, 0.1) is 0 Å². The van der Waals surface area contributed by atoms with Crippen molar-refractivity contribution in [1.29, 1.82) is 0 Å². The molecule has 1 fully saturated rings. The van der Waals surface area contributed by atoms with E-state index in [2.05, 4.69) is 6.92 Å². The number of nitrogens with zero attached hydrogens (tertiary/aromatic N) is 1. The van der Waals surface area contributed by atoms with Crippen LogP contribution in [0.1, 0.15) is 18.9 Å². The van der Waals surface area contributed by atoms with Gasteiger partial charge in [-0.05, 0) is 54.1 Å². The summed E-state index contributed by atoms with van der Waals surface area (Å²) in [4.78, 5) is 26.3. The zero-order chi connectivity index (χ0) is 16.9. The van der Waals surface area contributed by atoms with Crippen LogP contribution >= 0.6 is 11.8 Å². The van der Waals surface area contributed by atoms with Crippen LogP contribution in [0.15, 0.2) is 59.5 Å². The van der Waals surface area contributed by atoms with Crippen LogP contribution in [-0.2, 0) is 4.79 Å². The van der Waals surface area contributed by atoms with E-state index >= 15 is 0 Å². The summed E-state index contributed by atoms with van der Waals surface area (Å²) in [6.45, 7) is 2.73. The van der Waals surface area contributed by atoms with Gasteiger partial charge >= 0.3 is 0 Å². The van der Waals surface area contributed by atoms with E-state index in [0.717, 1.165) is 29.5 Å². The second kappa shape index (κ2) is 7.36. The van der Waals surface area contributed by atoms with Gasteiger partial charge in [-0.3, -0.25) is 9.59 Å². The lowest BCUT2D eigenvalue weighted by Crippen LogP contribution is -2.27. The van der Waals surface area contributed by atoms with Crippen molar-refractivity contribution in [3.05, 3.63) is 65.1 Å². The van der Waals surface area contributed by atoms with E-state index in [1.165, 1.54) is 4.90 Å². The number of rotatable bonds is 5. The number of amides is 2. The average molecular weight is 339 g/mol. The number of hydrogen-bond acceptors (Lipinski definition) is 4. The number of thioether (sulfide) groups is 1. The van der Waals surface area contributed by atoms with Crippen molar-refractivity contribution in [3.63, 3.8) is 0 Å². The molecule has 4 nitrogen and oxygen atoms in total. The first-order chi connectivity index (χ1) is 11.7. The molecule has 2 aromatic rings. The molecule has 0 aliphatic carbocycles. The Labute approximate surface area is 145 Å². The fourth-order valence-corrected chi connectivity index (χ4v) is 3.14. The van der Waals surface area contributed by atoms with Crippen molar-refractivity contribution >= 4 is 34.7 Å². The van der Waals surface area contributed by atoms with Gasteiger partial charge in [-0.15, -0.1) is 0 Å². The normalized spacial score (nSPS) is 16.0. The number of para-hydroxylation sites is 1. The molecule has 1 aliphatic heterocycles. The zero-order valence-electron chi connectivity index (χ0n) is 13.3. The van der Waals surface area contributed by atoms with Crippen LogP contribution in [0.25, 0.3) is 6.08 Å².